The number of hydrogen-bond acceptors (Lipinski definition) is 2. The van der Waals surface area contributed by atoms with Crippen LogP contribution in [0.5, 0.6) is 0 Å². The molecule has 0 saturated heterocycles. The lowest BCUT2D eigenvalue weighted by Gasteiger charge is -2.24. The first kappa shape index (κ1) is 19.7. The minimum absolute atomic E-state index is 0.00868. The molecule has 0 aliphatic carbocycles. The van der Waals surface area contributed by atoms with Crippen LogP contribution < -0.4 is 10.4 Å². The van der Waals surface area contributed by atoms with Crippen molar-refractivity contribution >= 4 is 31.1 Å². The molecule has 2 N–H and O–H groups in total. The van der Waals surface area contributed by atoms with E-state index in [1.807, 2.05) is 60.7 Å². The topological polar surface area (TPSA) is 74.6 Å². The number of carboxylic acids is 2. The highest BCUT2D eigenvalue weighted by Gasteiger charge is 2.32. The quantitative estimate of drug-likeness (QED) is 0.607. The highest BCUT2D eigenvalue weighted by Crippen LogP contribution is 2.30. The number of aliphatic carboxylic acids is 2. The van der Waals surface area contributed by atoms with E-state index in [0.717, 1.165) is 10.4 Å². The fraction of sp³-hybridized carbons (Fsp3) is 0.238. The van der Waals surface area contributed by atoms with Gasteiger partial charge in [-0.15, -0.1) is 0 Å². The summed E-state index contributed by atoms with van der Waals surface area (Å²) >= 11 is 0. The second-order valence-corrected chi connectivity index (χ2v) is 10.1. The molecule has 0 unspecified atom stereocenters. The maximum atomic E-state index is 12.0. The third-order valence-corrected chi connectivity index (χ3v) is 7.53. The average molecular weight is 369 g/mol. The normalized spacial score (nSPS) is 12.6. The van der Waals surface area contributed by atoms with Crippen molar-refractivity contribution in [3.8, 4) is 0 Å². The first-order valence-electron chi connectivity index (χ1n) is 8.52. The van der Waals surface area contributed by atoms with Gasteiger partial charge in [-0.25, -0.2) is 9.59 Å². The van der Waals surface area contributed by atoms with Gasteiger partial charge in [0, 0.05) is 5.57 Å². The minimum Gasteiger partial charge on any atom is -0.478 e. The van der Waals surface area contributed by atoms with Gasteiger partial charge in [-0.3, -0.25) is 0 Å². The zero-order valence-corrected chi connectivity index (χ0v) is 16.4. The van der Waals surface area contributed by atoms with Gasteiger partial charge < -0.3 is 10.2 Å². The van der Waals surface area contributed by atoms with Crippen LogP contribution in [0.25, 0.3) is 0 Å². The Labute approximate surface area is 155 Å². The van der Waals surface area contributed by atoms with Gasteiger partial charge in [0.1, 0.15) is 8.80 Å². The van der Waals surface area contributed by atoms with Crippen molar-refractivity contribution in [3.63, 3.8) is 0 Å². The number of hydrogen-bond donors (Lipinski definition) is 2. The lowest BCUT2D eigenvalue weighted by atomic mass is 9.83. The summed E-state index contributed by atoms with van der Waals surface area (Å²) in [6, 6.07) is 19.8. The van der Waals surface area contributed by atoms with Gasteiger partial charge in [-0.2, -0.15) is 0 Å². The molecule has 0 heterocycles. The van der Waals surface area contributed by atoms with E-state index in [0.29, 0.717) is 0 Å². The van der Waals surface area contributed by atoms with Gasteiger partial charge in [0.2, 0.25) is 0 Å². The Morgan fingerprint density at radius 2 is 1.23 bits per heavy atom. The fourth-order valence-corrected chi connectivity index (χ4v) is 6.22. The molecule has 2 aromatic carbocycles. The lowest BCUT2D eigenvalue weighted by Crippen LogP contribution is -2.43. The second-order valence-electron chi connectivity index (χ2n) is 7.29. The molecule has 2 rings (SSSR count). The summed E-state index contributed by atoms with van der Waals surface area (Å²) in [5.41, 5.74) is -0.768. The number of carbonyl (C=O) groups is 2. The molecule has 0 aliphatic heterocycles. The Morgan fingerprint density at radius 3 is 1.54 bits per heavy atom. The maximum absolute atomic E-state index is 12.0. The molecule has 0 saturated carbocycles. The Hall–Kier alpha value is -2.66. The highest BCUT2D eigenvalue weighted by atomic mass is 28.3. The van der Waals surface area contributed by atoms with Gasteiger partial charge >= 0.3 is 11.9 Å². The molecule has 4 nitrogen and oxygen atoms in total. The molecule has 0 bridgehead atoms. The standard InChI is InChI=1S/C21H24O4Si/c1-21(2,3)18(20(24)25)17(19(22)23)14-26(15-10-6-4-7-11-15)16-12-8-5-9-13-16/h4-13,26H,14H2,1-3H3,(H,22,23)(H,24,25)/b18-17-. The number of rotatable bonds is 6. The first-order chi connectivity index (χ1) is 12.2. The van der Waals surface area contributed by atoms with Gasteiger partial charge in [-0.1, -0.05) is 91.8 Å². The Morgan fingerprint density at radius 1 is 0.808 bits per heavy atom. The van der Waals surface area contributed by atoms with Crippen molar-refractivity contribution in [1.82, 2.24) is 0 Å². The van der Waals surface area contributed by atoms with Crippen LogP contribution in [0.4, 0.5) is 0 Å². The summed E-state index contributed by atoms with van der Waals surface area (Å²) in [5, 5.41) is 21.7. The van der Waals surface area contributed by atoms with Crippen LogP contribution in [-0.4, -0.2) is 30.9 Å². The van der Waals surface area contributed by atoms with Crippen molar-refractivity contribution < 1.29 is 19.8 Å². The summed E-state index contributed by atoms with van der Waals surface area (Å²) in [5.74, 6) is -2.31. The molecule has 0 fully saturated rings. The van der Waals surface area contributed by atoms with E-state index in [2.05, 4.69) is 0 Å². The molecule has 26 heavy (non-hydrogen) atoms. The van der Waals surface area contributed by atoms with Crippen LogP contribution in [0.15, 0.2) is 71.8 Å². The van der Waals surface area contributed by atoms with Crippen molar-refractivity contribution in [3.05, 3.63) is 71.8 Å². The molecule has 0 spiro atoms. The van der Waals surface area contributed by atoms with Crippen molar-refractivity contribution in [2.75, 3.05) is 0 Å². The van der Waals surface area contributed by atoms with Gasteiger partial charge in [0.15, 0.2) is 0 Å². The summed E-state index contributed by atoms with van der Waals surface area (Å²) in [6.45, 7) is 5.21. The smallest absolute Gasteiger partial charge is 0.332 e. The van der Waals surface area contributed by atoms with Crippen LogP contribution >= 0.6 is 0 Å². The number of carboxylic acid groups (broad SMARTS) is 2. The van der Waals surface area contributed by atoms with Crippen LogP contribution in [-0.2, 0) is 9.59 Å². The molecule has 0 radical (unpaired) electrons. The van der Waals surface area contributed by atoms with E-state index in [9.17, 15) is 19.8 Å². The minimum atomic E-state index is -1.94. The van der Waals surface area contributed by atoms with Crippen molar-refractivity contribution in [1.29, 1.82) is 0 Å². The summed E-state index contributed by atoms with van der Waals surface area (Å²) in [6.07, 6.45) is 0. The molecule has 0 aromatic heterocycles. The predicted octanol–water partition coefficient (Wildman–Crippen LogP) is 2.54. The van der Waals surface area contributed by atoms with E-state index in [-0.39, 0.29) is 17.2 Å². The molecular formula is C21H24O4Si. The van der Waals surface area contributed by atoms with E-state index in [1.54, 1.807) is 20.8 Å². The maximum Gasteiger partial charge on any atom is 0.332 e. The largest absolute Gasteiger partial charge is 0.478 e. The lowest BCUT2D eigenvalue weighted by molar-refractivity contribution is -0.136. The van der Waals surface area contributed by atoms with Crippen LogP contribution in [0.2, 0.25) is 6.04 Å². The number of benzene rings is 2. The molecular weight excluding hydrogens is 344 g/mol. The predicted molar refractivity (Wildman–Crippen MR) is 106 cm³/mol. The summed E-state index contributed by atoms with van der Waals surface area (Å²) in [7, 11) is -1.94. The van der Waals surface area contributed by atoms with Crippen LogP contribution in [0.3, 0.4) is 0 Å². The Balaban J connectivity index is 2.62. The second kappa shape index (κ2) is 8.14. The monoisotopic (exact) mass is 368 g/mol. The van der Waals surface area contributed by atoms with E-state index in [1.165, 1.54) is 0 Å². The molecule has 0 atom stereocenters. The van der Waals surface area contributed by atoms with Gasteiger partial charge in [0.25, 0.3) is 0 Å². The summed E-state index contributed by atoms with van der Waals surface area (Å²) in [4.78, 5) is 23.8. The zero-order chi connectivity index (χ0) is 19.3. The van der Waals surface area contributed by atoms with E-state index in [4.69, 9.17) is 0 Å². The SMILES string of the molecule is CC(C)(C)/C(C(=O)O)=C(/C[SiH](c1ccccc1)c1ccccc1)C(=O)O. The summed E-state index contributed by atoms with van der Waals surface area (Å²) < 4.78 is 0. The van der Waals surface area contributed by atoms with E-state index >= 15 is 0 Å². The van der Waals surface area contributed by atoms with Gasteiger partial charge in [-0.05, 0) is 11.5 Å². The molecule has 5 heteroatoms. The van der Waals surface area contributed by atoms with E-state index < -0.39 is 26.2 Å². The Kier molecular flexibility index (Phi) is 6.16. The van der Waals surface area contributed by atoms with Crippen LogP contribution in [0.1, 0.15) is 20.8 Å². The zero-order valence-electron chi connectivity index (χ0n) is 15.3. The molecule has 2 aromatic rings. The first-order valence-corrected chi connectivity index (χ1v) is 10.5. The molecule has 136 valence electrons. The van der Waals surface area contributed by atoms with Crippen molar-refractivity contribution in [2.45, 2.75) is 26.8 Å². The van der Waals surface area contributed by atoms with Crippen molar-refractivity contribution in [2.24, 2.45) is 5.41 Å². The highest BCUT2D eigenvalue weighted by molar-refractivity contribution is 6.85. The molecule has 0 aliphatic rings. The van der Waals surface area contributed by atoms with Crippen LogP contribution in [0, 0.1) is 5.41 Å². The third kappa shape index (κ3) is 4.70. The molecule has 0 amide bonds. The average Bonchev–Trinajstić information content (AvgIpc) is 2.58. The van der Waals surface area contributed by atoms with Gasteiger partial charge in [0.05, 0.1) is 5.57 Å². The fourth-order valence-electron chi connectivity index (χ4n) is 3.20. The Bertz CT molecular complexity index is 765. The third-order valence-electron chi connectivity index (χ3n) is 4.34.